The summed E-state index contributed by atoms with van der Waals surface area (Å²) in [4.78, 5) is 16.3. The summed E-state index contributed by atoms with van der Waals surface area (Å²) in [6.45, 7) is 5.00. The third-order valence-corrected chi connectivity index (χ3v) is 4.30. The average molecular weight is 287 g/mol. The van der Waals surface area contributed by atoms with E-state index in [1.165, 1.54) is 0 Å². The van der Waals surface area contributed by atoms with Crippen LogP contribution in [-0.2, 0) is 4.79 Å². The van der Waals surface area contributed by atoms with Gasteiger partial charge in [0.25, 0.3) is 0 Å². The molecule has 0 saturated carbocycles. The number of anilines is 2. The Morgan fingerprint density at radius 2 is 2.30 bits per heavy atom. The quantitative estimate of drug-likeness (QED) is 0.901. The van der Waals surface area contributed by atoms with Crippen molar-refractivity contribution in [1.82, 2.24) is 4.98 Å². The standard InChI is InChI=1S/C15H17N3OS/c1-3-6-16-15-18-13(8-20-15)10-4-5-12-11(7-10)9(2)14(19)17-12/h4-5,7-9H,3,6H2,1-2H3,(H,16,18)(H,17,19). The van der Waals surface area contributed by atoms with Crippen LogP contribution in [0.25, 0.3) is 11.3 Å². The molecular formula is C15H17N3OS. The van der Waals surface area contributed by atoms with E-state index in [4.69, 9.17) is 0 Å². The Bertz CT molecular complexity index is 650. The van der Waals surface area contributed by atoms with Crippen LogP contribution in [0.4, 0.5) is 10.8 Å². The second-order valence-corrected chi connectivity index (χ2v) is 5.84. The molecule has 1 aromatic carbocycles. The van der Waals surface area contributed by atoms with E-state index in [9.17, 15) is 4.79 Å². The summed E-state index contributed by atoms with van der Waals surface area (Å²) in [6.07, 6.45) is 1.08. The number of fused-ring (bicyclic) bond motifs is 1. The number of carbonyl (C=O) groups excluding carboxylic acids is 1. The van der Waals surface area contributed by atoms with Crippen LogP contribution >= 0.6 is 11.3 Å². The summed E-state index contributed by atoms with van der Waals surface area (Å²) >= 11 is 1.61. The molecule has 1 aromatic heterocycles. The van der Waals surface area contributed by atoms with Crippen molar-refractivity contribution in [3.8, 4) is 11.3 Å². The molecule has 0 fully saturated rings. The first-order chi connectivity index (χ1) is 9.69. The van der Waals surface area contributed by atoms with Gasteiger partial charge in [-0.05, 0) is 31.0 Å². The molecule has 1 atom stereocenters. The zero-order valence-electron chi connectivity index (χ0n) is 11.6. The van der Waals surface area contributed by atoms with Crippen molar-refractivity contribution in [2.24, 2.45) is 0 Å². The predicted octanol–water partition coefficient (Wildman–Crippen LogP) is 3.69. The Morgan fingerprint density at radius 1 is 1.45 bits per heavy atom. The predicted molar refractivity (Wildman–Crippen MR) is 83.4 cm³/mol. The van der Waals surface area contributed by atoms with Gasteiger partial charge in [0.1, 0.15) is 0 Å². The summed E-state index contributed by atoms with van der Waals surface area (Å²) in [6, 6.07) is 6.04. The summed E-state index contributed by atoms with van der Waals surface area (Å²) in [5.74, 6) is -0.0120. The van der Waals surface area contributed by atoms with E-state index in [1.54, 1.807) is 11.3 Å². The molecule has 104 valence electrons. The Kier molecular flexibility index (Phi) is 3.44. The fourth-order valence-electron chi connectivity index (χ4n) is 2.30. The lowest BCUT2D eigenvalue weighted by Crippen LogP contribution is -2.08. The van der Waals surface area contributed by atoms with Crippen molar-refractivity contribution in [2.75, 3.05) is 17.2 Å². The molecule has 4 nitrogen and oxygen atoms in total. The maximum atomic E-state index is 11.7. The molecule has 2 N–H and O–H groups in total. The third kappa shape index (κ3) is 2.29. The largest absolute Gasteiger partial charge is 0.362 e. The number of benzene rings is 1. The van der Waals surface area contributed by atoms with Gasteiger partial charge in [-0.3, -0.25) is 4.79 Å². The SMILES string of the molecule is CCCNc1nc(-c2ccc3c(c2)C(C)C(=O)N3)cs1. The third-order valence-electron chi connectivity index (χ3n) is 3.50. The van der Waals surface area contributed by atoms with Crippen molar-refractivity contribution in [2.45, 2.75) is 26.2 Å². The van der Waals surface area contributed by atoms with Gasteiger partial charge in [-0.1, -0.05) is 13.0 Å². The Labute approximate surface area is 122 Å². The number of rotatable bonds is 4. The lowest BCUT2D eigenvalue weighted by Gasteiger charge is -2.04. The molecular weight excluding hydrogens is 270 g/mol. The van der Waals surface area contributed by atoms with E-state index < -0.39 is 0 Å². The molecule has 1 aliphatic heterocycles. The molecule has 1 unspecified atom stereocenters. The molecule has 1 aliphatic rings. The molecule has 2 heterocycles. The number of thiazole rings is 1. The minimum absolute atomic E-state index is 0.0701. The molecule has 1 amide bonds. The van der Waals surface area contributed by atoms with Crippen LogP contribution in [0.15, 0.2) is 23.6 Å². The van der Waals surface area contributed by atoms with Crippen LogP contribution < -0.4 is 10.6 Å². The first kappa shape index (κ1) is 13.1. The van der Waals surface area contributed by atoms with Gasteiger partial charge < -0.3 is 10.6 Å². The minimum Gasteiger partial charge on any atom is -0.362 e. The number of hydrogen-bond acceptors (Lipinski definition) is 4. The topological polar surface area (TPSA) is 54.0 Å². The van der Waals surface area contributed by atoms with Gasteiger partial charge in [-0.25, -0.2) is 4.98 Å². The number of aromatic nitrogens is 1. The van der Waals surface area contributed by atoms with Gasteiger partial charge in [0.15, 0.2) is 5.13 Å². The fourth-order valence-corrected chi connectivity index (χ4v) is 3.04. The highest BCUT2D eigenvalue weighted by Gasteiger charge is 2.26. The molecule has 0 radical (unpaired) electrons. The van der Waals surface area contributed by atoms with Gasteiger partial charge in [0, 0.05) is 23.2 Å². The van der Waals surface area contributed by atoms with Crippen LogP contribution in [0.1, 0.15) is 31.7 Å². The van der Waals surface area contributed by atoms with Gasteiger partial charge in [0.05, 0.1) is 11.6 Å². The maximum absolute atomic E-state index is 11.7. The van der Waals surface area contributed by atoms with Gasteiger partial charge in [-0.2, -0.15) is 0 Å². The summed E-state index contributed by atoms with van der Waals surface area (Å²) in [5, 5.41) is 9.18. The highest BCUT2D eigenvalue weighted by molar-refractivity contribution is 7.14. The normalized spacial score (nSPS) is 16.9. The van der Waals surface area contributed by atoms with E-state index in [0.717, 1.165) is 40.6 Å². The number of amides is 1. The van der Waals surface area contributed by atoms with E-state index >= 15 is 0 Å². The molecule has 5 heteroatoms. The Morgan fingerprint density at radius 3 is 3.10 bits per heavy atom. The minimum atomic E-state index is -0.0822. The van der Waals surface area contributed by atoms with E-state index in [2.05, 4.69) is 34.0 Å². The summed E-state index contributed by atoms with van der Waals surface area (Å²) in [7, 11) is 0. The number of nitrogens with one attached hydrogen (secondary N) is 2. The molecule has 0 bridgehead atoms. The lowest BCUT2D eigenvalue weighted by atomic mass is 10.00. The second kappa shape index (κ2) is 5.25. The number of nitrogens with zero attached hydrogens (tertiary/aromatic N) is 1. The van der Waals surface area contributed by atoms with Crippen LogP contribution in [0, 0.1) is 0 Å². The highest BCUT2D eigenvalue weighted by atomic mass is 32.1. The zero-order chi connectivity index (χ0) is 14.1. The van der Waals surface area contributed by atoms with E-state index in [-0.39, 0.29) is 11.8 Å². The van der Waals surface area contributed by atoms with Crippen molar-refractivity contribution >= 4 is 28.1 Å². The van der Waals surface area contributed by atoms with Crippen molar-refractivity contribution in [3.05, 3.63) is 29.1 Å². The van der Waals surface area contributed by atoms with Gasteiger partial charge in [0.2, 0.25) is 5.91 Å². The summed E-state index contributed by atoms with van der Waals surface area (Å²) in [5.41, 5.74) is 4.00. The van der Waals surface area contributed by atoms with E-state index in [1.807, 2.05) is 19.1 Å². The Hall–Kier alpha value is -1.88. The van der Waals surface area contributed by atoms with Crippen molar-refractivity contribution < 1.29 is 4.79 Å². The Balaban J connectivity index is 1.88. The lowest BCUT2D eigenvalue weighted by molar-refractivity contribution is -0.116. The van der Waals surface area contributed by atoms with E-state index in [0.29, 0.717) is 0 Å². The first-order valence-electron chi connectivity index (χ1n) is 6.83. The van der Waals surface area contributed by atoms with Crippen LogP contribution in [0.3, 0.4) is 0 Å². The van der Waals surface area contributed by atoms with Gasteiger partial charge in [-0.15, -0.1) is 11.3 Å². The smallest absolute Gasteiger partial charge is 0.231 e. The molecule has 0 aliphatic carbocycles. The van der Waals surface area contributed by atoms with Gasteiger partial charge >= 0.3 is 0 Å². The zero-order valence-corrected chi connectivity index (χ0v) is 12.4. The van der Waals surface area contributed by atoms with Crippen LogP contribution in [0.2, 0.25) is 0 Å². The molecule has 0 spiro atoms. The average Bonchev–Trinajstić information content (AvgIpc) is 3.03. The monoisotopic (exact) mass is 287 g/mol. The number of hydrogen-bond donors (Lipinski definition) is 2. The molecule has 3 rings (SSSR count). The van der Waals surface area contributed by atoms with Crippen LogP contribution in [0.5, 0.6) is 0 Å². The highest BCUT2D eigenvalue weighted by Crippen LogP contribution is 2.36. The molecule has 0 saturated heterocycles. The molecule has 20 heavy (non-hydrogen) atoms. The molecule has 2 aromatic rings. The van der Waals surface area contributed by atoms with Crippen LogP contribution in [-0.4, -0.2) is 17.4 Å². The van der Waals surface area contributed by atoms with Crippen molar-refractivity contribution in [1.29, 1.82) is 0 Å². The number of carbonyl (C=O) groups is 1. The maximum Gasteiger partial charge on any atom is 0.231 e. The first-order valence-corrected chi connectivity index (χ1v) is 7.71. The second-order valence-electron chi connectivity index (χ2n) is 4.98. The fraction of sp³-hybridized carbons (Fsp3) is 0.333. The summed E-state index contributed by atoms with van der Waals surface area (Å²) < 4.78 is 0. The van der Waals surface area contributed by atoms with Crippen molar-refractivity contribution in [3.63, 3.8) is 0 Å².